The highest BCUT2D eigenvalue weighted by Crippen LogP contribution is 2.13. The van der Waals surface area contributed by atoms with Crippen LogP contribution in [-0.2, 0) is 4.79 Å². The van der Waals surface area contributed by atoms with Crippen LogP contribution in [-0.4, -0.2) is 40.4 Å². The van der Waals surface area contributed by atoms with E-state index in [9.17, 15) is 9.59 Å². The van der Waals surface area contributed by atoms with Crippen LogP contribution in [0.2, 0.25) is 0 Å². The molecule has 0 bridgehead atoms. The van der Waals surface area contributed by atoms with Crippen LogP contribution in [0.4, 0.5) is 5.82 Å². The van der Waals surface area contributed by atoms with E-state index in [0.29, 0.717) is 23.3 Å². The van der Waals surface area contributed by atoms with Gasteiger partial charge in [-0.15, -0.1) is 0 Å². The van der Waals surface area contributed by atoms with Crippen LogP contribution in [0.15, 0.2) is 15.6 Å². The largest absolute Gasteiger partial charge is 0.368 e. The Bertz CT molecular complexity index is 482. The molecule has 98 valence electrons. The number of hydrogen-bond donors (Lipinski definition) is 2. The lowest BCUT2D eigenvalue weighted by atomic mass is 10.3. The van der Waals surface area contributed by atoms with Crippen LogP contribution in [0.5, 0.6) is 0 Å². The molecule has 2 N–H and O–H groups in total. The van der Waals surface area contributed by atoms with Gasteiger partial charge in [-0.1, -0.05) is 0 Å². The van der Waals surface area contributed by atoms with Crippen LogP contribution < -0.4 is 10.9 Å². The van der Waals surface area contributed by atoms with E-state index in [2.05, 4.69) is 31.2 Å². The van der Waals surface area contributed by atoms with Crippen molar-refractivity contribution in [3.05, 3.63) is 21.2 Å². The monoisotopic (exact) mass is 314 g/mol. The molecule has 0 aromatic carbocycles. The molecule has 2 heterocycles. The Morgan fingerprint density at radius 1 is 1.50 bits per heavy atom. The average molecular weight is 315 g/mol. The summed E-state index contributed by atoms with van der Waals surface area (Å²) in [4.78, 5) is 31.4. The highest BCUT2D eigenvalue weighted by molar-refractivity contribution is 9.10. The van der Waals surface area contributed by atoms with E-state index in [1.54, 1.807) is 0 Å². The first-order valence-corrected chi connectivity index (χ1v) is 6.72. The maximum absolute atomic E-state index is 11.8. The van der Waals surface area contributed by atoms with Crippen LogP contribution in [0.3, 0.4) is 0 Å². The summed E-state index contributed by atoms with van der Waals surface area (Å²) < 4.78 is 0.360. The van der Waals surface area contributed by atoms with E-state index in [-0.39, 0.29) is 11.5 Å². The summed E-state index contributed by atoms with van der Waals surface area (Å²) in [6.07, 6.45) is 3.94. The molecule has 6 nitrogen and oxygen atoms in total. The SMILES string of the molecule is O=C(CCNc1nc[nH]c(=O)c1Br)N1CCCC1. The summed E-state index contributed by atoms with van der Waals surface area (Å²) in [5.41, 5.74) is -0.238. The van der Waals surface area contributed by atoms with Crippen molar-refractivity contribution in [1.82, 2.24) is 14.9 Å². The maximum atomic E-state index is 11.8. The molecule has 0 radical (unpaired) electrons. The molecule has 1 amide bonds. The van der Waals surface area contributed by atoms with Crippen LogP contribution in [0.1, 0.15) is 19.3 Å². The molecule has 1 aliphatic heterocycles. The summed E-state index contributed by atoms with van der Waals surface area (Å²) in [5.74, 6) is 0.619. The summed E-state index contributed by atoms with van der Waals surface area (Å²) in [6, 6.07) is 0. The Balaban J connectivity index is 1.83. The molecule has 1 aromatic rings. The highest BCUT2D eigenvalue weighted by Gasteiger charge is 2.17. The minimum absolute atomic E-state index is 0.154. The van der Waals surface area contributed by atoms with Gasteiger partial charge in [0, 0.05) is 26.1 Å². The molecule has 0 spiro atoms. The second-order valence-corrected chi connectivity index (χ2v) is 4.95. The van der Waals surface area contributed by atoms with Gasteiger partial charge in [0.25, 0.3) is 5.56 Å². The van der Waals surface area contributed by atoms with Gasteiger partial charge in [-0.2, -0.15) is 0 Å². The molecular formula is C11H15BrN4O2. The van der Waals surface area contributed by atoms with Crippen molar-refractivity contribution >= 4 is 27.7 Å². The summed E-state index contributed by atoms with van der Waals surface area (Å²) >= 11 is 3.15. The summed E-state index contributed by atoms with van der Waals surface area (Å²) in [5, 5.41) is 2.98. The normalized spacial score (nSPS) is 14.8. The number of rotatable bonds is 4. The first-order chi connectivity index (χ1) is 8.68. The molecule has 1 aromatic heterocycles. The number of nitrogens with one attached hydrogen (secondary N) is 2. The molecular weight excluding hydrogens is 300 g/mol. The smallest absolute Gasteiger partial charge is 0.267 e. The van der Waals surface area contributed by atoms with Crippen molar-refractivity contribution in [3.8, 4) is 0 Å². The molecule has 1 fully saturated rings. The van der Waals surface area contributed by atoms with Gasteiger partial charge in [0.2, 0.25) is 5.91 Å². The number of aromatic amines is 1. The van der Waals surface area contributed by atoms with Crippen molar-refractivity contribution < 1.29 is 4.79 Å². The number of nitrogens with zero attached hydrogens (tertiary/aromatic N) is 2. The Morgan fingerprint density at radius 2 is 2.22 bits per heavy atom. The second kappa shape index (κ2) is 5.99. The third-order valence-electron chi connectivity index (χ3n) is 2.89. The van der Waals surface area contributed by atoms with Gasteiger partial charge in [-0.3, -0.25) is 9.59 Å². The number of H-pyrrole nitrogens is 1. The fourth-order valence-electron chi connectivity index (χ4n) is 1.92. The van der Waals surface area contributed by atoms with Crippen molar-refractivity contribution in [3.63, 3.8) is 0 Å². The molecule has 7 heteroatoms. The Morgan fingerprint density at radius 3 is 2.94 bits per heavy atom. The van der Waals surface area contributed by atoms with Crippen molar-refractivity contribution in [1.29, 1.82) is 0 Å². The zero-order chi connectivity index (χ0) is 13.0. The van der Waals surface area contributed by atoms with Gasteiger partial charge in [-0.05, 0) is 28.8 Å². The van der Waals surface area contributed by atoms with Gasteiger partial charge in [0.15, 0.2) is 0 Å². The standard InChI is InChI=1S/C11H15BrN4O2/c12-9-10(14-7-15-11(9)18)13-4-3-8(17)16-5-1-2-6-16/h7H,1-6H2,(H2,13,14,15,18). The number of aromatic nitrogens is 2. The number of halogens is 1. The molecule has 0 aliphatic carbocycles. The first kappa shape index (κ1) is 13.1. The number of hydrogen-bond acceptors (Lipinski definition) is 4. The number of carbonyl (C=O) groups is 1. The zero-order valence-electron chi connectivity index (χ0n) is 9.91. The van der Waals surface area contributed by atoms with E-state index in [1.807, 2.05) is 4.90 Å². The van der Waals surface area contributed by atoms with E-state index in [4.69, 9.17) is 0 Å². The Labute approximate surface area is 113 Å². The highest BCUT2D eigenvalue weighted by atomic mass is 79.9. The third kappa shape index (κ3) is 3.10. The average Bonchev–Trinajstić information content (AvgIpc) is 2.88. The molecule has 18 heavy (non-hydrogen) atoms. The van der Waals surface area contributed by atoms with E-state index in [1.165, 1.54) is 6.33 Å². The zero-order valence-corrected chi connectivity index (χ0v) is 11.5. The van der Waals surface area contributed by atoms with Gasteiger partial charge in [0.05, 0.1) is 6.33 Å². The summed E-state index contributed by atoms with van der Waals surface area (Å²) in [6.45, 7) is 2.21. The predicted molar refractivity (Wildman–Crippen MR) is 71.5 cm³/mol. The van der Waals surface area contributed by atoms with Crippen LogP contribution in [0.25, 0.3) is 0 Å². The number of carbonyl (C=O) groups excluding carboxylic acids is 1. The van der Waals surface area contributed by atoms with Gasteiger partial charge in [-0.25, -0.2) is 4.98 Å². The fourth-order valence-corrected chi connectivity index (χ4v) is 2.28. The molecule has 2 rings (SSSR count). The van der Waals surface area contributed by atoms with E-state index < -0.39 is 0 Å². The maximum Gasteiger partial charge on any atom is 0.267 e. The third-order valence-corrected chi connectivity index (χ3v) is 3.62. The predicted octanol–water partition coefficient (Wildman–Crippen LogP) is 0.957. The lowest BCUT2D eigenvalue weighted by Gasteiger charge is -2.15. The molecule has 1 saturated heterocycles. The second-order valence-electron chi connectivity index (χ2n) is 4.16. The Kier molecular flexibility index (Phi) is 4.35. The minimum atomic E-state index is -0.238. The Hall–Kier alpha value is -1.37. The molecule has 0 saturated carbocycles. The first-order valence-electron chi connectivity index (χ1n) is 5.93. The van der Waals surface area contributed by atoms with Crippen molar-refractivity contribution in [2.75, 3.05) is 25.0 Å². The van der Waals surface area contributed by atoms with E-state index in [0.717, 1.165) is 25.9 Å². The number of likely N-dealkylation sites (tertiary alicyclic amines) is 1. The molecule has 0 atom stereocenters. The van der Waals surface area contributed by atoms with Gasteiger partial charge < -0.3 is 15.2 Å². The van der Waals surface area contributed by atoms with Gasteiger partial charge in [0.1, 0.15) is 10.3 Å². The molecule has 0 unspecified atom stereocenters. The van der Waals surface area contributed by atoms with Crippen LogP contribution in [0, 0.1) is 0 Å². The number of anilines is 1. The van der Waals surface area contributed by atoms with Crippen molar-refractivity contribution in [2.24, 2.45) is 0 Å². The molecule has 1 aliphatic rings. The minimum Gasteiger partial charge on any atom is -0.368 e. The summed E-state index contributed by atoms with van der Waals surface area (Å²) in [7, 11) is 0. The fraction of sp³-hybridized carbons (Fsp3) is 0.545. The van der Waals surface area contributed by atoms with Crippen molar-refractivity contribution in [2.45, 2.75) is 19.3 Å². The number of amides is 1. The lowest BCUT2D eigenvalue weighted by molar-refractivity contribution is -0.129. The topological polar surface area (TPSA) is 78.1 Å². The van der Waals surface area contributed by atoms with E-state index >= 15 is 0 Å². The lowest BCUT2D eigenvalue weighted by Crippen LogP contribution is -2.29. The van der Waals surface area contributed by atoms with Crippen LogP contribution >= 0.6 is 15.9 Å². The quantitative estimate of drug-likeness (QED) is 0.867. The van der Waals surface area contributed by atoms with Gasteiger partial charge >= 0.3 is 0 Å².